The van der Waals surface area contributed by atoms with Crippen LogP contribution in [0.2, 0.25) is 0 Å². The first-order valence-corrected chi connectivity index (χ1v) is 7.71. The maximum Gasteiger partial charge on any atom is 0.162 e. The first kappa shape index (κ1) is 14.5. The zero-order chi connectivity index (χ0) is 15.5. The van der Waals surface area contributed by atoms with Gasteiger partial charge in [0.15, 0.2) is 6.29 Å². The lowest BCUT2D eigenvalue weighted by molar-refractivity contribution is 0.112. The second-order valence-corrected chi connectivity index (χ2v) is 5.92. The van der Waals surface area contributed by atoms with Crippen molar-refractivity contribution in [2.45, 2.75) is 6.92 Å². The van der Waals surface area contributed by atoms with Crippen molar-refractivity contribution >= 4 is 17.6 Å². The number of carbonyl (C=O) groups excluding carboxylic acids is 1. The Morgan fingerprint density at radius 2 is 1.82 bits per heavy atom. The molecule has 0 spiro atoms. The summed E-state index contributed by atoms with van der Waals surface area (Å²) < 4.78 is 5.16. The smallest absolute Gasteiger partial charge is 0.162 e. The van der Waals surface area contributed by atoms with Gasteiger partial charge in [0, 0.05) is 11.1 Å². The van der Waals surface area contributed by atoms with E-state index in [1.54, 1.807) is 7.11 Å². The topological polar surface area (TPSA) is 39.2 Å². The van der Waals surface area contributed by atoms with E-state index in [0.717, 1.165) is 39.4 Å². The summed E-state index contributed by atoms with van der Waals surface area (Å²) in [6.07, 6.45) is 0.874. The summed E-state index contributed by atoms with van der Waals surface area (Å²) in [7, 11) is 1.63. The van der Waals surface area contributed by atoms with E-state index in [-0.39, 0.29) is 0 Å². The van der Waals surface area contributed by atoms with Gasteiger partial charge in [0.05, 0.1) is 17.7 Å². The highest BCUT2D eigenvalue weighted by Gasteiger charge is 2.15. The fraction of sp³-hybridized carbons (Fsp3) is 0.111. The summed E-state index contributed by atoms with van der Waals surface area (Å²) >= 11 is 1.42. The number of ether oxygens (including phenoxy) is 1. The van der Waals surface area contributed by atoms with Gasteiger partial charge in [0.25, 0.3) is 0 Å². The molecule has 0 aliphatic carbocycles. The van der Waals surface area contributed by atoms with Crippen molar-refractivity contribution in [2.24, 2.45) is 0 Å². The Balaban J connectivity index is 2.08. The molecule has 0 aliphatic rings. The number of hydrogen-bond donors (Lipinski definition) is 0. The minimum atomic E-state index is 0.642. The summed E-state index contributed by atoms with van der Waals surface area (Å²) in [6.45, 7) is 2.05. The third-order valence-corrected chi connectivity index (χ3v) is 4.51. The quantitative estimate of drug-likeness (QED) is 0.661. The highest BCUT2D eigenvalue weighted by atomic mass is 32.1. The first-order valence-electron chi connectivity index (χ1n) is 6.89. The summed E-state index contributed by atoms with van der Waals surface area (Å²) in [5, 5.41) is 0.867. The second kappa shape index (κ2) is 6.12. The van der Waals surface area contributed by atoms with Gasteiger partial charge in [-0.3, -0.25) is 4.79 Å². The summed E-state index contributed by atoms with van der Waals surface area (Å²) in [5.41, 5.74) is 3.85. The Hall–Kier alpha value is -2.46. The normalized spacial score (nSPS) is 10.5. The molecule has 3 rings (SSSR count). The van der Waals surface area contributed by atoms with Gasteiger partial charge in [-0.25, -0.2) is 4.98 Å². The van der Waals surface area contributed by atoms with Crippen LogP contribution in [-0.2, 0) is 0 Å². The Labute approximate surface area is 133 Å². The SMILES string of the molecule is COc1ccc(-c2nc(-c3ccccc3C)sc2C=O)cc1. The average molecular weight is 309 g/mol. The highest BCUT2D eigenvalue weighted by molar-refractivity contribution is 7.17. The van der Waals surface area contributed by atoms with Crippen LogP contribution in [0.25, 0.3) is 21.8 Å². The number of rotatable bonds is 4. The Morgan fingerprint density at radius 3 is 2.45 bits per heavy atom. The monoisotopic (exact) mass is 309 g/mol. The molecule has 0 amide bonds. The number of aromatic nitrogens is 1. The lowest BCUT2D eigenvalue weighted by Crippen LogP contribution is -1.86. The largest absolute Gasteiger partial charge is 0.497 e. The fourth-order valence-electron chi connectivity index (χ4n) is 2.30. The molecule has 2 aromatic carbocycles. The van der Waals surface area contributed by atoms with Crippen molar-refractivity contribution in [3.05, 3.63) is 59.0 Å². The van der Waals surface area contributed by atoms with Gasteiger partial charge >= 0.3 is 0 Å². The van der Waals surface area contributed by atoms with Crippen LogP contribution in [0.3, 0.4) is 0 Å². The lowest BCUT2D eigenvalue weighted by Gasteiger charge is -2.02. The van der Waals surface area contributed by atoms with Gasteiger partial charge in [-0.1, -0.05) is 24.3 Å². The summed E-state index contributed by atoms with van der Waals surface area (Å²) in [5.74, 6) is 0.783. The summed E-state index contributed by atoms with van der Waals surface area (Å²) in [4.78, 5) is 16.7. The zero-order valence-electron chi connectivity index (χ0n) is 12.4. The average Bonchev–Trinajstić information content (AvgIpc) is 2.99. The molecule has 110 valence electrons. The molecule has 3 aromatic rings. The molecule has 0 aliphatic heterocycles. The van der Waals surface area contributed by atoms with E-state index in [1.807, 2.05) is 55.5 Å². The van der Waals surface area contributed by atoms with Crippen LogP contribution in [-0.4, -0.2) is 18.4 Å². The van der Waals surface area contributed by atoms with Crippen molar-refractivity contribution in [1.82, 2.24) is 4.98 Å². The van der Waals surface area contributed by atoms with Gasteiger partial charge < -0.3 is 4.74 Å². The molecule has 4 heteroatoms. The van der Waals surface area contributed by atoms with Gasteiger partial charge in [0.2, 0.25) is 0 Å². The van der Waals surface area contributed by atoms with Crippen molar-refractivity contribution < 1.29 is 9.53 Å². The molecule has 0 saturated heterocycles. The van der Waals surface area contributed by atoms with Gasteiger partial charge in [0.1, 0.15) is 10.8 Å². The molecule has 0 radical (unpaired) electrons. The Kier molecular flexibility index (Phi) is 4.02. The lowest BCUT2D eigenvalue weighted by atomic mass is 10.1. The van der Waals surface area contributed by atoms with Crippen LogP contribution in [0.1, 0.15) is 15.2 Å². The number of thiazole rings is 1. The molecular formula is C18H15NO2S. The van der Waals surface area contributed by atoms with E-state index in [9.17, 15) is 4.79 Å². The summed E-state index contributed by atoms with van der Waals surface area (Å²) in [6, 6.07) is 15.6. The molecule has 0 fully saturated rings. The molecule has 0 bridgehead atoms. The maximum absolute atomic E-state index is 11.4. The zero-order valence-corrected chi connectivity index (χ0v) is 13.2. The van der Waals surface area contributed by atoms with Gasteiger partial charge in [-0.2, -0.15) is 0 Å². The Morgan fingerprint density at radius 1 is 1.09 bits per heavy atom. The molecule has 3 nitrogen and oxygen atoms in total. The fourth-order valence-corrected chi connectivity index (χ4v) is 3.29. The van der Waals surface area contributed by atoms with Crippen LogP contribution in [0.5, 0.6) is 5.75 Å². The van der Waals surface area contributed by atoms with E-state index in [1.165, 1.54) is 11.3 Å². The third kappa shape index (κ3) is 2.65. The number of aldehydes is 1. The predicted molar refractivity (Wildman–Crippen MR) is 89.7 cm³/mol. The molecular weight excluding hydrogens is 294 g/mol. The molecule has 0 saturated carbocycles. The number of benzene rings is 2. The number of carbonyl (C=O) groups is 1. The molecule has 0 N–H and O–H groups in total. The second-order valence-electron chi connectivity index (χ2n) is 4.89. The predicted octanol–water partition coefficient (Wildman–Crippen LogP) is 4.61. The van der Waals surface area contributed by atoms with Crippen LogP contribution >= 0.6 is 11.3 Å². The Bertz CT molecular complexity index is 806. The van der Waals surface area contributed by atoms with Crippen molar-refractivity contribution in [3.63, 3.8) is 0 Å². The van der Waals surface area contributed by atoms with E-state index in [0.29, 0.717) is 4.88 Å². The molecule has 0 unspecified atom stereocenters. The van der Waals surface area contributed by atoms with Crippen LogP contribution in [0.15, 0.2) is 48.5 Å². The molecule has 1 aromatic heterocycles. The minimum Gasteiger partial charge on any atom is -0.497 e. The van der Waals surface area contributed by atoms with Crippen molar-refractivity contribution in [1.29, 1.82) is 0 Å². The highest BCUT2D eigenvalue weighted by Crippen LogP contribution is 2.34. The standard InChI is InChI=1S/C18H15NO2S/c1-12-5-3-4-6-15(12)18-19-17(16(11-20)22-18)13-7-9-14(21-2)10-8-13/h3-11H,1-2H3. The van der Waals surface area contributed by atoms with Crippen molar-refractivity contribution in [3.8, 4) is 27.6 Å². The number of aryl methyl sites for hydroxylation is 1. The van der Waals surface area contributed by atoms with Crippen LogP contribution < -0.4 is 4.74 Å². The van der Waals surface area contributed by atoms with Crippen molar-refractivity contribution in [2.75, 3.05) is 7.11 Å². The molecule has 0 atom stereocenters. The molecule has 1 heterocycles. The van der Waals surface area contributed by atoms with E-state index in [2.05, 4.69) is 4.98 Å². The number of methoxy groups -OCH3 is 1. The minimum absolute atomic E-state index is 0.642. The first-order chi connectivity index (χ1) is 10.7. The molecule has 22 heavy (non-hydrogen) atoms. The van der Waals surface area contributed by atoms with E-state index in [4.69, 9.17) is 4.74 Å². The van der Waals surface area contributed by atoms with Crippen LogP contribution in [0, 0.1) is 6.92 Å². The van der Waals surface area contributed by atoms with Gasteiger partial charge in [-0.05, 0) is 36.8 Å². The van der Waals surface area contributed by atoms with Gasteiger partial charge in [-0.15, -0.1) is 11.3 Å². The third-order valence-electron chi connectivity index (χ3n) is 3.50. The number of nitrogens with zero attached hydrogens (tertiary/aromatic N) is 1. The van der Waals surface area contributed by atoms with Crippen LogP contribution in [0.4, 0.5) is 0 Å². The van der Waals surface area contributed by atoms with E-state index < -0.39 is 0 Å². The van der Waals surface area contributed by atoms with E-state index >= 15 is 0 Å². The maximum atomic E-state index is 11.4. The number of hydrogen-bond acceptors (Lipinski definition) is 4.